The van der Waals surface area contributed by atoms with Crippen molar-refractivity contribution < 1.29 is 9.59 Å². The van der Waals surface area contributed by atoms with Crippen LogP contribution in [0.4, 0.5) is 0 Å². The first-order valence-electron chi connectivity index (χ1n) is 9.36. The molecule has 0 saturated heterocycles. The largest absolute Gasteiger partial charge is 0.350 e. The summed E-state index contributed by atoms with van der Waals surface area (Å²) in [7, 11) is 0. The van der Waals surface area contributed by atoms with Gasteiger partial charge >= 0.3 is 0 Å². The zero-order valence-electron chi connectivity index (χ0n) is 15.1. The molecule has 0 spiro atoms. The van der Waals surface area contributed by atoms with Crippen molar-refractivity contribution in [3.05, 3.63) is 0 Å². The second kappa shape index (κ2) is 6.10. The summed E-state index contributed by atoms with van der Waals surface area (Å²) < 4.78 is 0. The lowest BCUT2D eigenvalue weighted by Crippen LogP contribution is -2.54. The maximum atomic E-state index is 13.1. The molecule has 4 aliphatic carbocycles. The number of hydrogen-bond acceptors (Lipinski definition) is 2. The van der Waals surface area contributed by atoms with E-state index in [1.165, 1.54) is 32.1 Å². The van der Waals surface area contributed by atoms with Gasteiger partial charge in [0, 0.05) is 18.0 Å². The summed E-state index contributed by atoms with van der Waals surface area (Å²) in [6.07, 6.45) is 6.38. The second-order valence-corrected chi connectivity index (χ2v) is 9.11. The van der Waals surface area contributed by atoms with Crippen molar-refractivity contribution in [1.82, 2.24) is 10.2 Å². The van der Waals surface area contributed by atoms with E-state index in [0.717, 1.165) is 11.8 Å². The molecule has 0 aromatic heterocycles. The zero-order chi connectivity index (χ0) is 16.8. The van der Waals surface area contributed by atoms with Crippen LogP contribution in [-0.2, 0) is 9.59 Å². The molecule has 4 fully saturated rings. The fourth-order valence-electron chi connectivity index (χ4n) is 5.52. The van der Waals surface area contributed by atoms with E-state index in [1.807, 2.05) is 27.7 Å². The molecule has 4 rings (SSSR count). The molecule has 0 aliphatic heterocycles. The third-order valence-electron chi connectivity index (χ3n) is 6.05. The lowest BCUT2D eigenvalue weighted by atomic mass is 9.51. The van der Waals surface area contributed by atoms with E-state index in [4.69, 9.17) is 0 Å². The van der Waals surface area contributed by atoms with Crippen molar-refractivity contribution >= 4 is 11.8 Å². The van der Waals surface area contributed by atoms with Crippen LogP contribution in [0.3, 0.4) is 0 Å². The number of hydrogen-bond donors (Lipinski definition) is 1. The fraction of sp³-hybridized carbons (Fsp3) is 0.895. The summed E-state index contributed by atoms with van der Waals surface area (Å²) in [5, 5.41) is 2.97. The molecule has 0 aromatic carbocycles. The van der Waals surface area contributed by atoms with Gasteiger partial charge in [0.25, 0.3) is 0 Å². The van der Waals surface area contributed by atoms with Gasteiger partial charge in [-0.05, 0) is 83.5 Å². The predicted octanol–water partition coefficient (Wildman–Crippen LogP) is 2.82. The lowest BCUT2D eigenvalue weighted by Gasteiger charge is -2.54. The molecule has 0 unspecified atom stereocenters. The molecule has 4 aliphatic rings. The van der Waals surface area contributed by atoms with Gasteiger partial charge in [-0.15, -0.1) is 0 Å². The molecular weight excluding hydrogens is 288 g/mol. The summed E-state index contributed by atoms with van der Waals surface area (Å²) in [6.45, 7) is 8.73. The van der Waals surface area contributed by atoms with Gasteiger partial charge in [-0.2, -0.15) is 0 Å². The highest BCUT2D eigenvalue weighted by atomic mass is 16.2. The van der Waals surface area contributed by atoms with Crippen LogP contribution in [0.15, 0.2) is 0 Å². The maximum Gasteiger partial charge on any atom is 0.240 e. The van der Waals surface area contributed by atoms with Crippen LogP contribution >= 0.6 is 0 Å². The van der Waals surface area contributed by atoms with E-state index in [-0.39, 0.29) is 29.8 Å². The smallest absolute Gasteiger partial charge is 0.240 e. The first kappa shape index (κ1) is 16.8. The highest BCUT2D eigenvalue weighted by molar-refractivity contribution is 5.86. The number of likely N-dealkylation sites (N-methyl/N-ethyl adjacent to an activating group) is 1. The van der Waals surface area contributed by atoms with Gasteiger partial charge in [-0.1, -0.05) is 0 Å². The van der Waals surface area contributed by atoms with Crippen LogP contribution in [0.5, 0.6) is 0 Å². The number of nitrogens with zero attached hydrogens (tertiary/aromatic N) is 1. The Morgan fingerprint density at radius 1 is 1.00 bits per heavy atom. The summed E-state index contributed by atoms with van der Waals surface area (Å²) >= 11 is 0. The first-order valence-corrected chi connectivity index (χ1v) is 9.36. The topological polar surface area (TPSA) is 49.4 Å². The fourth-order valence-corrected chi connectivity index (χ4v) is 5.52. The third-order valence-corrected chi connectivity index (χ3v) is 6.05. The molecule has 0 heterocycles. The normalized spacial score (nSPS) is 35.2. The molecule has 4 bridgehead atoms. The lowest BCUT2D eigenvalue weighted by molar-refractivity contribution is -0.151. The van der Waals surface area contributed by atoms with Crippen molar-refractivity contribution in [2.45, 2.75) is 65.3 Å². The molecule has 130 valence electrons. The van der Waals surface area contributed by atoms with Crippen LogP contribution in [0.2, 0.25) is 0 Å². The SMILES string of the molecule is CCN(CC(=O)NC(C)(C)C)C(=O)C1C2CC3CC(C2)CC1C3. The van der Waals surface area contributed by atoms with Gasteiger partial charge in [0.15, 0.2) is 0 Å². The Morgan fingerprint density at radius 2 is 1.52 bits per heavy atom. The van der Waals surface area contributed by atoms with Crippen molar-refractivity contribution in [2.75, 3.05) is 13.1 Å². The van der Waals surface area contributed by atoms with Crippen molar-refractivity contribution in [1.29, 1.82) is 0 Å². The summed E-state index contributed by atoms with van der Waals surface area (Å²) in [5.74, 6) is 3.30. The predicted molar refractivity (Wildman–Crippen MR) is 90.7 cm³/mol. The van der Waals surface area contributed by atoms with Gasteiger partial charge in [0.05, 0.1) is 6.54 Å². The standard InChI is InChI=1S/C19H32N2O2/c1-5-21(11-16(22)20-19(2,3)4)18(23)17-14-7-12-6-13(9-14)10-15(17)8-12/h12-15,17H,5-11H2,1-4H3,(H,20,22). The Hall–Kier alpha value is -1.06. The molecule has 4 heteroatoms. The van der Waals surface area contributed by atoms with E-state index in [2.05, 4.69) is 5.32 Å². The van der Waals surface area contributed by atoms with E-state index in [1.54, 1.807) is 4.90 Å². The molecule has 23 heavy (non-hydrogen) atoms. The molecule has 0 radical (unpaired) electrons. The van der Waals surface area contributed by atoms with Crippen LogP contribution in [0, 0.1) is 29.6 Å². The molecule has 4 nitrogen and oxygen atoms in total. The van der Waals surface area contributed by atoms with Gasteiger partial charge < -0.3 is 10.2 Å². The Bertz CT molecular complexity index is 452. The minimum atomic E-state index is -0.248. The molecular formula is C19H32N2O2. The van der Waals surface area contributed by atoms with E-state index < -0.39 is 0 Å². The molecule has 0 atom stereocenters. The van der Waals surface area contributed by atoms with Crippen molar-refractivity contribution in [2.24, 2.45) is 29.6 Å². The Morgan fingerprint density at radius 3 is 1.96 bits per heavy atom. The van der Waals surface area contributed by atoms with Crippen molar-refractivity contribution in [3.8, 4) is 0 Å². The molecule has 4 saturated carbocycles. The number of carbonyl (C=O) groups excluding carboxylic acids is 2. The van der Waals surface area contributed by atoms with Gasteiger partial charge in [0.2, 0.25) is 11.8 Å². The number of amides is 2. The number of carbonyl (C=O) groups is 2. The Balaban J connectivity index is 1.65. The summed E-state index contributed by atoms with van der Waals surface area (Å²) in [6, 6.07) is 0. The summed E-state index contributed by atoms with van der Waals surface area (Å²) in [5.41, 5.74) is -0.248. The van der Waals surface area contributed by atoms with E-state index in [0.29, 0.717) is 18.4 Å². The van der Waals surface area contributed by atoms with Crippen LogP contribution in [-0.4, -0.2) is 35.3 Å². The van der Waals surface area contributed by atoms with Crippen molar-refractivity contribution in [3.63, 3.8) is 0 Å². The highest BCUT2D eigenvalue weighted by Gasteiger charge is 2.51. The van der Waals surface area contributed by atoms with E-state index in [9.17, 15) is 9.59 Å². The van der Waals surface area contributed by atoms with Crippen LogP contribution in [0.25, 0.3) is 0 Å². The number of rotatable bonds is 4. The zero-order valence-corrected chi connectivity index (χ0v) is 15.1. The summed E-state index contributed by atoms with van der Waals surface area (Å²) in [4.78, 5) is 27.1. The first-order chi connectivity index (χ1) is 10.8. The monoisotopic (exact) mass is 320 g/mol. The van der Waals surface area contributed by atoms with E-state index >= 15 is 0 Å². The van der Waals surface area contributed by atoms with Gasteiger partial charge in [0.1, 0.15) is 0 Å². The highest BCUT2D eigenvalue weighted by Crippen LogP contribution is 2.56. The maximum absolute atomic E-state index is 13.1. The molecule has 1 N–H and O–H groups in total. The quantitative estimate of drug-likeness (QED) is 0.866. The number of nitrogens with one attached hydrogen (secondary N) is 1. The average Bonchev–Trinajstić information content (AvgIpc) is 2.41. The molecule has 0 aromatic rings. The Kier molecular flexibility index (Phi) is 4.45. The Labute approximate surface area is 140 Å². The minimum Gasteiger partial charge on any atom is -0.350 e. The van der Waals surface area contributed by atoms with Gasteiger partial charge in [-0.3, -0.25) is 9.59 Å². The second-order valence-electron chi connectivity index (χ2n) is 9.11. The minimum absolute atomic E-state index is 0.0449. The van der Waals surface area contributed by atoms with Crippen LogP contribution in [0.1, 0.15) is 59.8 Å². The third kappa shape index (κ3) is 3.56. The average molecular weight is 320 g/mol. The van der Waals surface area contributed by atoms with Gasteiger partial charge in [-0.25, -0.2) is 0 Å². The molecule has 2 amide bonds. The van der Waals surface area contributed by atoms with Crippen LogP contribution < -0.4 is 5.32 Å².